The molecular weight excluding hydrogens is 156 g/mol. The van der Waals surface area contributed by atoms with Gasteiger partial charge in [0, 0.05) is 13.1 Å². The van der Waals surface area contributed by atoms with Crippen molar-refractivity contribution < 1.29 is 0 Å². The van der Waals surface area contributed by atoms with E-state index >= 15 is 0 Å². The zero-order valence-electron chi connectivity index (χ0n) is 7.10. The average molecular weight is 172 g/mol. The van der Waals surface area contributed by atoms with Gasteiger partial charge in [0.05, 0.1) is 5.75 Å². The summed E-state index contributed by atoms with van der Waals surface area (Å²) in [5, 5.41) is 3.35. The Morgan fingerprint density at radius 1 is 1.55 bits per heavy atom. The standard InChI is InChI=1S/C8H16N2S/c1-2-11-7-8-9-5-3-4-6-10-8/h2-7H2,1H3,(H,9,10). The van der Waals surface area contributed by atoms with Crippen LogP contribution in [0.15, 0.2) is 4.99 Å². The normalized spacial score (nSPS) is 18.5. The first-order valence-corrected chi connectivity index (χ1v) is 5.44. The van der Waals surface area contributed by atoms with Crippen molar-refractivity contribution in [3.63, 3.8) is 0 Å². The van der Waals surface area contributed by atoms with E-state index in [-0.39, 0.29) is 0 Å². The molecule has 64 valence electrons. The summed E-state index contributed by atoms with van der Waals surface area (Å²) >= 11 is 1.93. The first kappa shape index (κ1) is 8.91. The van der Waals surface area contributed by atoms with Gasteiger partial charge in [-0.15, -0.1) is 0 Å². The Bertz CT molecular complexity index is 134. The molecule has 0 saturated heterocycles. The molecule has 0 aromatic rings. The molecule has 0 radical (unpaired) electrons. The van der Waals surface area contributed by atoms with Gasteiger partial charge in [-0.1, -0.05) is 6.92 Å². The lowest BCUT2D eigenvalue weighted by Crippen LogP contribution is -2.25. The van der Waals surface area contributed by atoms with E-state index < -0.39 is 0 Å². The smallest absolute Gasteiger partial charge is 0.106 e. The second kappa shape index (κ2) is 5.47. The summed E-state index contributed by atoms with van der Waals surface area (Å²) in [5.41, 5.74) is 0. The predicted octanol–water partition coefficient (Wildman–Crippen LogP) is 1.52. The Labute approximate surface area is 72.9 Å². The van der Waals surface area contributed by atoms with Crippen molar-refractivity contribution in [2.75, 3.05) is 24.6 Å². The number of nitrogens with one attached hydrogen (secondary N) is 1. The molecule has 0 atom stereocenters. The van der Waals surface area contributed by atoms with E-state index in [1.165, 1.54) is 24.4 Å². The molecule has 0 aromatic carbocycles. The molecule has 1 aliphatic heterocycles. The molecule has 0 bridgehead atoms. The van der Waals surface area contributed by atoms with Crippen molar-refractivity contribution in [2.45, 2.75) is 19.8 Å². The molecule has 0 aromatic heterocycles. The van der Waals surface area contributed by atoms with Gasteiger partial charge in [-0.3, -0.25) is 4.99 Å². The maximum atomic E-state index is 4.45. The van der Waals surface area contributed by atoms with E-state index in [0.717, 1.165) is 18.8 Å². The molecule has 1 N–H and O–H groups in total. The van der Waals surface area contributed by atoms with Gasteiger partial charge in [0.2, 0.25) is 0 Å². The summed E-state index contributed by atoms with van der Waals surface area (Å²) < 4.78 is 0. The fourth-order valence-electron chi connectivity index (χ4n) is 1.03. The summed E-state index contributed by atoms with van der Waals surface area (Å²) in [4.78, 5) is 4.45. The molecule has 3 heteroatoms. The highest BCUT2D eigenvalue weighted by atomic mass is 32.2. The lowest BCUT2D eigenvalue weighted by molar-refractivity contribution is 0.749. The maximum Gasteiger partial charge on any atom is 0.106 e. The minimum atomic E-state index is 1.02. The summed E-state index contributed by atoms with van der Waals surface area (Å²) in [7, 11) is 0. The van der Waals surface area contributed by atoms with Crippen LogP contribution in [-0.2, 0) is 0 Å². The Balaban J connectivity index is 2.23. The Morgan fingerprint density at radius 2 is 2.45 bits per heavy atom. The lowest BCUT2D eigenvalue weighted by Gasteiger charge is -2.04. The SMILES string of the molecule is CCSCC1=NCCCCN1. The second-order valence-corrected chi connectivity index (χ2v) is 3.87. The van der Waals surface area contributed by atoms with E-state index in [1.807, 2.05) is 11.8 Å². The molecule has 0 unspecified atom stereocenters. The van der Waals surface area contributed by atoms with Gasteiger partial charge in [-0.05, 0) is 18.6 Å². The van der Waals surface area contributed by atoms with E-state index in [4.69, 9.17) is 0 Å². The number of amidine groups is 1. The molecule has 1 rings (SSSR count). The van der Waals surface area contributed by atoms with Crippen molar-refractivity contribution in [1.82, 2.24) is 5.32 Å². The van der Waals surface area contributed by atoms with Crippen LogP contribution in [0.4, 0.5) is 0 Å². The lowest BCUT2D eigenvalue weighted by atomic mass is 10.3. The fourth-order valence-corrected chi connectivity index (χ4v) is 1.63. The van der Waals surface area contributed by atoms with Crippen LogP contribution in [0, 0.1) is 0 Å². The Morgan fingerprint density at radius 3 is 3.27 bits per heavy atom. The zero-order valence-corrected chi connectivity index (χ0v) is 7.91. The van der Waals surface area contributed by atoms with Crippen molar-refractivity contribution >= 4 is 17.6 Å². The third-order valence-electron chi connectivity index (χ3n) is 1.66. The van der Waals surface area contributed by atoms with Crippen molar-refractivity contribution in [3.8, 4) is 0 Å². The van der Waals surface area contributed by atoms with Gasteiger partial charge >= 0.3 is 0 Å². The van der Waals surface area contributed by atoms with Gasteiger partial charge in [0.15, 0.2) is 0 Å². The van der Waals surface area contributed by atoms with Gasteiger partial charge in [-0.25, -0.2) is 0 Å². The van der Waals surface area contributed by atoms with Crippen LogP contribution < -0.4 is 5.32 Å². The predicted molar refractivity (Wildman–Crippen MR) is 52.5 cm³/mol. The molecular formula is C8H16N2S. The number of thioether (sulfide) groups is 1. The third kappa shape index (κ3) is 3.65. The molecule has 1 heterocycles. The van der Waals surface area contributed by atoms with E-state index in [2.05, 4.69) is 17.2 Å². The monoisotopic (exact) mass is 172 g/mol. The third-order valence-corrected chi connectivity index (χ3v) is 2.55. The molecule has 2 nitrogen and oxygen atoms in total. The van der Waals surface area contributed by atoms with Gasteiger partial charge < -0.3 is 5.32 Å². The maximum absolute atomic E-state index is 4.45. The van der Waals surface area contributed by atoms with Crippen LogP contribution in [0.5, 0.6) is 0 Å². The average Bonchev–Trinajstić information content (AvgIpc) is 2.28. The van der Waals surface area contributed by atoms with Crippen LogP contribution in [0.25, 0.3) is 0 Å². The first-order valence-electron chi connectivity index (χ1n) is 4.28. The van der Waals surface area contributed by atoms with Crippen molar-refractivity contribution in [2.24, 2.45) is 4.99 Å². The Kier molecular flexibility index (Phi) is 4.43. The van der Waals surface area contributed by atoms with Gasteiger partial charge in [0.25, 0.3) is 0 Å². The number of aliphatic imine (C=N–C) groups is 1. The van der Waals surface area contributed by atoms with Crippen LogP contribution in [0.1, 0.15) is 19.8 Å². The number of nitrogens with zero attached hydrogens (tertiary/aromatic N) is 1. The zero-order chi connectivity index (χ0) is 7.94. The largest absolute Gasteiger partial charge is 0.373 e. The minimum absolute atomic E-state index is 1.02. The van der Waals surface area contributed by atoms with E-state index in [1.54, 1.807) is 0 Å². The highest BCUT2D eigenvalue weighted by Crippen LogP contribution is 2.01. The molecule has 0 aliphatic carbocycles. The summed E-state index contributed by atoms with van der Waals surface area (Å²) in [6.45, 7) is 4.32. The van der Waals surface area contributed by atoms with Gasteiger partial charge in [-0.2, -0.15) is 11.8 Å². The van der Waals surface area contributed by atoms with Crippen LogP contribution >= 0.6 is 11.8 Å². The van der Waals surface area contributed by atoms with Crippen LogP contribution in [0.3, 0.4) is 0 Å². The summed E-state index contributed by atoms with van der Waals surface area (Å²) in [6, 6.07) is 0. The summed E-state index contributed by atoms with van der Waals surface area (Å²) in [5.74, 6) is 3.45. The molecule has 1 aliphatic rings. The molecule has 11 heavy (non-hydrogen) atoms. The molecule has 0 amide bonds. The minimum Gasteiger partial charge on any atom is -0.373 e. The highest BCUT2D eigenvalue weighted by Gasteiger charge is 2.01. The van der Waals surface area contributed by atoms with E-state index in [0.29, 0.717) is 0 Å². The topological polar surface area (TPSA) is 24.4 Å². The van der Waals surface area contributed by atoms with Crippen molar-refractivity contribution in [3.05, 3.63) is 0 Å². The molecule has 0 fully saturated rings. The Hall–Kier alpha value is -0.180. The molecule has 0 spiro atoms. The van der Waals surface area contributed by atoms with Crippen molar-refractivity contribution in [1.29, 1.82) is 0 Å². The molecule has 0 saturated carbocycles. The van der Waals surface area contributed by atoms with Crippen LogP contribution in [-0.4, -0.2) is 30.4 Å². The van der Waals surface area contributed by atoms with Crippen LogP contribution in [0.2, 0.25) is 0 Å². The first-order chi connectivity index (χ1) is 5.43. The highest BCUT2D eigenvalue weighted by molar-refractivity contribution is 7.99. The fraction of sp³-hybridized carbons (Fsp3) is 0.875. The van der Waals surface area contributed by atoms with E-state index in [9.17, 15) is 0 Å². The second-order valence-electron chi connectivity index (χ2n) is 2.60. The summed E-state index contributed by atoms with van der Waals surface area (Å²) in [6.07, 6.45) is 2.51. The quantitative estimate of drug-likeness (QED) is 0.698. The van der Waals surface area contributed by atoms with Gasteiger partial charge in [0.1, 0.15) is 5.84 Å². The number of rotatable bonds is 3. The number of hydrogen-bond acceptors (Lipinski definition) is 3. The number of hydrogen-bond donors (Lipinski definition) is 1.